The van der Waals surface area contributed by atoms with E-state index >= 15 is 0 Å². The molecule has 4 fully saturated rings. The van der Waals surface area contributed by atoms with Gasteiger partial charge in [0.25, 0.3) is 0 Å². The summed E-state index contributed by atoms with van der Waals surface area (Å²) in [5.41, 5.74) is -0.371. The number of hydrogen-bond donors (Lipinski definition) is 0. The first kappa shape index (κ1) is 28.6. The number of ether oxygens (including phenoxy) is 4. The third kappa shape index (κ3) is 8.22. The van der Waals surface area contributed by atoms with Crippen LogP contribution in [0, 0.1) is 23.7 Å². The van der Waals surface area contributed by atoms with Crippen LogP contribution in [0.2, 0.25) is 0 Å². The standard InChI is InChI=1S/C17H24O4.C10H16O4/c1-10(2)16(19)20-9-15(18)21-17(3)13-5-11-4-12(7-13)8-14(17)6-11;1-7(2)9(12)13-6-8(11)14-10(3,4)5/h11-14H,1,4-9H2,2-3H3;1,6H2,2-5H3. The highest BCUT2D eigenvalue weighted by molar-refractivity contribution is 5.89. The lowest BCUT2D eigenvalue weighted by molar-refractivity contribution is -0.207. The lowest BCUT2D eigenvalue weighted by atomic mass is 9.50. The van der Waals surface area contributed by atoms with Crippen molar-refractivity contribution in [1.29, 1.82) is 0 Å². The third-order valence-electron chi connectivity index (χ3n) is 6.85. The van der Waals surface area contributed by atoms with Gasteiger partial charge in [0.15, 0.2) is 13.2 Å². The molecule has 4 aliphatic carbocycles. The Hall–Kier alpha value is -2.64. The molecule has 0 aliphatic heterocycles. The van der Waals surface area contributed by atoms with Crippen LogP contribution < -0.4 is 0 Å². The Morgan fingerprint density at radius 3 is 1.54 bits per heavy atom. The SMILES string of the molecule is C=C(C)C(=O)OCC(=O)OC(C)(C)C.C=C(C)C(=O)OCC(=O)OC1(C)C2CC3CC(C2)CC1C3. The van der Waals surface area contributed by atoms with Crippen LogP contribution in [0.25, 0.3) is 0 Å². The van der Waals surface area contributed by atoms with Crippen molar-refractivity contribution in [3.8, 4) is 0 Å². The van der Waals surface area contributed by atoms with E-state index in [9.17, 15) is 19.2 Å². The molecule has 196 valence electrons. The molecule has 4 bridgehead atoms. The fourth-order valence-electron chi connectivity index (χ4n) is 5.43. The van der Waals surface area contributed by atoms with Crippen LogP contribution >= 0.6 is 0 Å². The molecule has 0 aromatic carbocycles. The van der Waals surface area contributed by atoms with Crippen molar-refractivity contribution in [2.45, 2.75) is 84.8 Å². The molecular weight excluding hydrogens is 452 g/mol. The average Bonchev–Trinajstić information content (AvgIpc) is 2.72. The second-order valence-corrected chi connectivity index (χ2v) is 11.3. The zero-order chi connectivity index (χ0) is 26.6. The van der Waals surface area contributed by atoms with Crippen molar-refractivity contribution >= 4 is 23.9 Å². The Labute approximate surface area is 208 Å². The molecular formula is C27H40O8. The summed E-state index contributed by atoms with van der Waals surface area (Å²) in [5, 5.41) is 0. The molecule has 35 heavy (non-hydrogen) atoms. The minimum absolute atomic E-state index is 0.258. The first-order chi connectivity index (χ1) is 16.1. The number of carbonyl (C=O) groups is 4. The summed E-state index contributed by atoms with van der Waals surface area (Å²) in [4.78, 5) is 45.3. The molecule has 0 saturated heterocycles. The van der Waals surface area contributed by atoms with Crippen molar-refractivity contribution in [2.24, 2.45) is 23.7 Å². The van der Waals surface area contributed by atoms with Crippen molar-refractivity contribution in [3.05, 3.63) is 24.3 Å². The number of hydrogen-bond acceptors (Lipinski definition) is 8. The second-order valence-electron chi connectivity index (χ2n) is 11.3. The lowest BCUT2D eigenvalue weighted by Gasteiger charge is -2.59. The predicted molar refractivity (Wildman–Crippen MR) is 129 cm³/mol. The molecule has 4 rings (SSSR count). The fourth-order valence-corrected chi connectivity index (χ4v) is 5.43. The van der Waals surface area contributed by atoms with Gasteiger partial charge in [-0.25, -0.2) is 19.2 Å². The zero-order valence-electron chi connectivity index (χ0n) is 21.9. The summed E-state index contributed by atoms with van der Waals surface area (Å²) in [6, 6.07) is 0. The van der Waals surface area contributed by atoms with E-state index in [2.05, 4.69) is 24.8 Å². The molecule has 0 unspecified atom stereocenters. The normalized spacial score (nSPS) is 28.2. The van der Waals surface area contributed by atoms with E-state index in [-0.39, 0.29) is 24.4 Å². The Morgan fingerprint density at radius 1 is 0.771 bits per heavy atom. The van der Waals surface area contributed by atoms with Crippen LogP contribution in [0.1, 0.15) is 73.6 Å². The van der Waals surface area contributed by atoms with Crippen LogP contribution in [-0.4, -0.2) is 48.3 Å². The molecule has 0 N–H and O–H groups in total. The van der Waals surface area contributed by atoms with Crippen LogP contribution in [0.5, 0.6) is 0 Å². The van der Waals surface area contributed by atoms with E-state index in [0.717, 1.165) is 11.8 Å². The Morgan fingerprint density at radius 2 is 1.17 bits per heavy atom. The molecule has 0 atom stereocenters. The highest BCUT2D eigenvalue weighted by Crippen LogP contribution is 2.59. The maximum atomic E-state index is 12.0. The van der Waals surface area contributed by atoms with Crippen molar-refractivity contribution in [2.75, 3.05) is 13.2 Å². The van der Waals surface area contributed by atoms with Gasteiger partial charge in [0.2, 0.25) is 0 Å². The first-order valence-electron chi connectivity index (χ1n) is 12.2. The quantitative estimate of drug-likeness (QED) is 0.294. The van der Waals surface area contributed by atoms with Gasteiger partial charge in [0.1, 0.15) is 11.2 Å². The molecule has 4 aliphatic rings. The molecule has 0 heterocycles. The maximum absolute atomic E-state index is 12.0. The number of rotatable bonds is 7. The predicted octanol–water partition coefficient (Wildman–Crippen LogP) is 4.31. The van der Waals surface area contributed by atoms with Gasteiger partial charge >= 0.3 is 23.9 Å². The van der Waals surface area contributed by atoms with E-state index in [1.54, 1.807) is 27.7 Å². The summed E-state index contributed by atoms with van der Waals surface area (Å²) in [7, 11) is 0. The minimum Gasteiger partial charge on any atom is -0.457 e. The van der Waals surface area contributed by atoms with Gasteiger partial charge in [-0.1, -0.05) is 13.2 Å². The fraction of sp³-hybridized carbons (Fsp3) is 0.704. The van der Waals surface area contributed by atoms with Gasteiger partial charge in [-0.05, 0) is 97.3 Å². The molecule has 0 radical (unpaired) electrons. The molecule has 4 saturated carbocycles. The van der Waals surface area contributed by atoms with Crippen LogP contribution in [0.3, 0.4) is 0 Å². The largest absolute Gasteiger partial charge is 0.457 e. The van der Waals surface area contributed by atoms with Crippen molar-refractivity contribution < 1.29 is 38.1 Å². The Bertz CT molecular complexity index is 835. The summed E-state index contributed by atoms with van der Waals surface area (Å²) in [5.74, 6) is 0.509. The van der Waals surface area contributed by atoms with E-state index in [1.807, 2.05) is 0 Å². The van der Waals surface area contributed by atoms with Gasteiger partial charge in [0.05, 0.1) is 0 Å². The Balaban J connectivity index is 0.000000271. The monoisotopic (exact) mass is 492 g/mol. The maximum Gasteiger partial charge on any atom is 0.344 e. The van der Waals surface area contributed by atoms with Crippen LogP contribution in [0.15, 0.2) is 24.3 Å². The number of carbonyl (C=O) groups excluding carboxylic acids is 4. The zero-order valence-corrected chi connectivity index (χ0v) is 21.9. The first-order valence-corrected chi connectivity index (χ1v) is 12.2. The molecule has 0 aromatic rings. The highest BCUT2D eigenvalue weighted by atomic mass is 16.6. The second kappa shape index (κ2) is 11.4. The topological polar surface area (TPSA) is 105 Å². The summed E-state index contributed by atoms with van der Waals surface area (Å²) < 4.78 is 20.2. The third-order valence-corrected chi connectivity index (χ3v) is 6.85. The summed E-state index contributed by atoms with van der Waals surface area (Å²) >= 11 is 0. The van der Waals surface area contributed by atoms with Gasteiger partial charge in [-0.2, -0.15) is 0 Å². The van der Waals surface area contributed by atoms with Gasteiger partial charge in [0, 0.05) is 11.1 Å². The molecule has 0 aromatic heterocycles. The van der Waals surface area contributed by atoms with Crippen molar-refractivity contribution in [1.82, 2.24) is 0 Å². The lowest BCUT2D eigenvalue weighted by Crippen LogP contribution is -2.58. The van der Waals surface area contributed by atoms with Gasteiger partial charge in [-0.15, -0.1) is 0 Å². The number of esters is 4. The molecule has 0 spiro atoms. The molecule has 8 nitrogen and oxygen atoms in total. The van der Waals surface area contributed by atoms with Crippen LogP contribution in [-0.2, 0) is 38.1 Å². The van der Waals surface area contributed by atoms with Gasteiger partial charge in [-0.3, -0.25) is 0 Å². The Kier molecular flexibility index (Phi) is 9.31. The smallest absolute Gasteiger partial charge is 0.344 e. The van der Waals surface area contributed by atoms with E-state index in [1.165, 1.54) is 39.0 Å². The molecule has 8 heteroatoms. The van der Waals surface area contributed by atoms with Crippen LogP contribution in [0.4, 0.5) is 0 Å². The van der Waals surface area contributed by atoms with Gasteiger partial charge < -0.3 is 18.9 Å². The average molecular weight is 493 g/mol. The summed E-state index contributed by atoms with van der Waals surface area (Å²) in [6.45, 7) is 16.6. The van der Waals surface area contributed by atoms with Crippen molar-refractivity contribution in [3.63, 3.8) is 0 Å². The molecule has 0 amide bonds. The van der Waals surface area contributed by atoms with E-state index in [0.29, 0.717) is 17.4 Å². The van der Waals surface area contributed by atoms with E-state index < -0.39 is 29.5 Å². The highest BCUT2D eigenvalue weighted by Gasteiger charge is 2.57. The minimum atomic E-state index is -0.587. The van der Waals surface area contributed by atoms with E-state index in [4.69, 9.17) is 14.2 Å². The summed E-state index contributed by atoms with van der Waals surface area (Å²) in [6.07, 6.45) is 6.10.